The minimum Gasteiger partial charge on any atom is -0.308 e. The molecule has 4 aliphatic rings. The van der Waals surface area contributed by atoms with Crippen molar-refractivity contribution < 1.29 is 0 Å². The quantitative estimate of drug-likeness (QED) is 0.672. The van der Waals surface area contributed by atoms with Gasteiger partial charge in [-0.25, -0.2) is 0 Å². The molecule has 2 aliphatic carbocycles. The summed E-state index contributed by atoms with van der Waals surface area (Å²) in [4.78, 5) is 0. The Hall–Kier alpha value is -0.0400. The maximum Gasteiger partial charge on any atom is 0.0157 e. The summed E-state index contributed by atoms with van der Waals surface area (Å²) in [6.45, 7) is 10.0. The van der Waals surface area contributed by atoms with Gasteiger partial charge in [0.05, 0.1) is 0 Å². The second kappa shape index (κ2) is 4.23. The molecule has 1 nitrogen and oxygen atoms in total. The number of fused-ring (bicyclic) bond motifs is 4. The van der Waals surface area contributed by atoms with Crippen LogP contribution < -0.4 is 5.32 Å². The zero-order valence-corrected chi connectivity index (χ0v) is 12.8. The van der Waals surface area contributed by atoms with E-state index in [1.807, 2.05) is 0 Å². The summed E-state index contributed by atoms with van der Waals surface area (Å²) in [6.07, 6.45) is 10.1. The highest BCUT2D eigenvalue weighted by atomic mass is 15.1. The van der Waals surface area contributed by atoms with Crippen LogP contribution in [0.15, 0.2) is 0 Å². The number of hydrogen-bond donors (Lipinski definition) is 1. The van der Waals surface area contributed by atoms with Crippen LogP contribution in [0.3, 0.4) is 0 Å². The molecule has 0 aromatic heterocycles. The first-order valence-electron chi connectivity index (χ1n) is 8.25. The van der Waals surface area contributed by atoms with Crippen LogP contribution in [-0.4, -0.2) is 11.6 Å². The molecule has 0 aromatic rings. The molecule has 4 rings (SSSR count). The zero-order valence-electron chi connectivity index (χ0n) is 12.8. The third-order valence-corrected chi connectivity index (χ3v) is 6.96. The molecule has 0 amide bonds. The minimum absolute atomic E-state index is 0.448. The molecule has 2 heterocycles. The van der Waals surface area contributed by atoms with Gasteiger partial charge in [0, 0.05) is 11.6 Å². The number of piperidine rings is 1. The summed E-state index contributed by atoms with van der Waals surface area (Å²) in [5, 5.41) is 4.13. The topological polar surface area (TPSA) is 12.0 Å². The molecule has 1 N–H and O–H groups in total. The number of rotatable bonds is 0. The van der Waals surface area contributed by atoms with Crippen molar-refractivity contribution in [2.75, 3.05) is 0 Å². The van der Waals surface area contributed by atoms with Crippen molar-refractivity contribution in [3.05, 3.63) is 0 Å². The molecule has 2 aliphatic heterocycles. The molecule has 2 saturated heterocycles. The highest BCUT2D eigenvalue weighted by molar-refractivity contribution is 5.10. The standard InChI is InChI=1S/C17H31N/c1-12-11-13(2)15-17(14(12)3)8-6-5-7-16(4,18-15)9-10-17/h12-15,18H,5-11H2,1-4H3. The van der Waals surface area contributed by atoms with Gasteiger partial charge < -0.3 is 5.32 Å². The Morgan fingerprint density at radius 1 is 0.889 bits per heavy atom. The average Bonchev–Trinajstić information content (AvgIpc) is 2.30. The summed E-state index contributed by atoms with van der Waals surface area (Å²) in [5.74, 6) is 2.70. The Labute approximate surface area is 113 Å². The molecule has 4 fully saturated rings. The Kier molecular flexibility index (Phi) is 3.05. The van der Waals surface area contributed by atoms with E-state index in [1.165, 1.54) is 44.9 Å². The molecular weight excluding hydrogens is 218 g/mol. The van der Waals surface area contributed by atoms with Gasteiger partial charge in [-0.15, -0.1) is 0 Å². The first kappa shape index (κ1) is 13.0. The summed E-state index contributed by atoms with van der Waals surface area (Å²) in [7, 11) is 0. The van der Waals surface area contributed by atoms with Crippen molar-refractivity contribution in [3.8, 4) is 0 Å². The van der Waals surface area contributed by atoms with E-state index in [2.05, 4.69) is 33.0 Å². The lowest BCUT2D eigenvalue weighted by Crippen LogP contribution is -2.67. The van der Waals surface area contributed by atoms with Gasteiger partial charge in [-0.05, 0) is 62.2 Å². The van der Waals surface area contributed by atoms with E-state index in [9.17, 15) is 0 Å². The van der Waals surface area contributed by atoms with E-state index in [1.54, 1.807) is 0 Å². The molecule has 6 unspecified atom stereocenters. The molecule has 2 bridgehead atoms. The first-order chi connectivity index (χ1) is 8.47. The lowest BCUT2D eigenvalue weighted by molar-refractivity contribution is -0.0801. The highest BCUT2D eigenvalue weighted by Gasteiger charge is 2.55. The van der Waals surface area contributed by atoms with Crippen LogP contribution in [0.25, 0.3) is 0 Å². The van der Waals surface area contributed by atoms with Crippen molar-refractivity contribution >= 4 is 0 Å². The average molecular weight is 249 g/mol. The maximum absolute atomic E-state index is 4.13. The highest BCUT2D eigenvalue weighted by Crippen LogP contribution is 2.57. The number of nitrogens with one attached hydrogen (secondary N) is 1. The van der Waals surface area contributed by atoms with E-state index in [4.69, 9.17) is 0 Å². The molecule has 0 radical (unpaired) electrons. The molecule has 2 saturated carbocycles. The van der Waals surface area contributed by atoms with Gasteiger partial charge in [0.1, 0.15) is 0 Å². The van der Waals surface area contributed by atoms with E-state index >= 15 is 0 Å². The summed E-state index contributed by atoms with van der Waals surface area (Å²) in [6, 6.07) is 0.794. The van der Waals surface area contributed by atoms with Gasteiger partial charge in [0.25, 0.3) is 0 Å². The van der Waals surface area contributed by atoms with Gasteiger partial charge in [-0.2, -0.15) is 0 Å². The molecule has 6 atom stereocenters. The van der Waals surface area contributed by atoms with Crippen LogP contribution >= 0.6 is 0 Å². The van der Waals surface area contributed by atoms with Gasteiger partial charge in [-0.3, -0.25) is 0 Å². The molecule has 0 aromatic carbocycles. The normalized spacial score (nSPS) is 56.7. The Bertz CT molecular complexity index is 326. The molecule has 104 valence electrons. The Morgan fingerprint density at radius 2 is 1.61 bits per heavy atom. The van der Waals surface area contributed by atoms with Crippen molar-refractivity contribution in [3.63, 3.8) is 0 Å². The monoisotopic (exact) mass is 249 g/mol. The fourth-order valence-electron chi connectivity index (χ4n) is 5.64. The van der Waals surface area contributed by atoms with Crippen molar-refractivity contribution in [2.24, 2.45) is 23.2 Å². The number of hydrogen-bond acceptors (Lipinski definition) is 1. The van der Waals surface area contributed by atoms with Crippen molar-refractivity contribution in [1.29, 1.82) is 0 Å². The lowest BCUT2D eigenvalue weighted by atomic mass is 9.50. The van der Waals surface area contributed by atoms with Gasteiger partial charge >= 0.3 is 0 Å². The lowest BCUT2D eigenvalue weighted by Gasteiger charge is -2.62. The van der Waals surface area contributed by atoms with Gasteiger partial charge in [0.2, 0.25) is 0 Å². The van der Waals surface area contributed by atoms with Crippen LogP contribution in [0.5, 0.6) is 0 Å². The van der Waals surface area contributed by atoms with E-state index < -0.39 is 0 Å². The van der Waals surface area contributed by atoms with Crippen LogP contribution in [0.4, 0.5) is 0 Å². The third kappa shape index (κ3) is 1.77. The van der Waals surface area contributed by atoms with Crippen LogP contribution in [0.1, 0.15) is 72.6 Å². The van der Waals surface area contributed by atoms with E-state index in [-0.39, 0.29) is 0 Å². The SMILES string of the molecule is CC1CC(C)C2NC3(C)CCCCC2(CC3)C1C. The predicted molar refractivity (Wildman–Crippen MR) is 77.6 cm³/mol. The summed E-state index contributed by atoms with van der Waals surface area (Å²) < 4.78 is 0. The maximum atomic E-state index is 4.13. The van der Waals surface area contributed by atoms with Gasteiger partial charge in [0.15, 0.2) is 0 Å². The fraction of sp³-hybridized carbons (Fsp3) is 1.00. The smallest absolute Gasteiger partial charge is 0.0157 e. The van der Waals surface area contributed by atoms with Crippen molar-refractivity contribution in [2.45, 2.75) is 84.2 Å². The molecule has 1 heteroatoms. The van der Waals surface area contributed by atoms with Crippen LogP contribution in [0, 0.1) is 23.2 Å². The second-order valence-corrected chi connectivity index (χ2v) is 8.10. The second-order valence-electron chi connectivity index (χ2n) is 8.10. The first-order valence-corrected chi connectivity index (χ1v) is 8.25. The largest absolute Gasteiger partial charge is 0.308 e. The molecule has 1 spiro atoms. The Balaban J connectivity index is 1.97. The van der Waals surface area contributed by atoms with Crippen LogP contribution in [0.2, 0.25) is 0 Å². The summed E-state index contributed by atoms with van der Waals surface area (Å²) in [5.41, 5.74) is 1.07. The van der Waals surface area contributed by atoms with E-state index in [0.29, 0.717) is 11.0 Å². The van der Waals surface area contributed by atoms with Crippen molar-refractivity contribution in [1.82, 2.24) is 5.32 Å². The van der Waals surface area contributed by atoms with E-state index in [0.717, 1.165) is 23.8 Å². The zero-order chi connectivity index (χ0) is 13.0. The van der Waals surface area contributed by atoms with Crippen LogP contribution in [-0.2, 0) is 0 Å². The summed E-state index contributed by atoms with van der Waals surface area (Å²) >= 11 is 0. The molecule has 18 heavy (non-hydrogen) atoms. The predicted octanol–water partition coefficient (Wildman–Crippen LogP) is 4.37. The fourth-order valence-corrected chi connectivity index (χ4v) is 5.64. The molecular formula is C17H31N. The third-order valence-electron chi connectivity index (χ3n) is 6.96. The Morgan fingerprint density at radius 3 is 2.39 bits per heavy atom. The minimum atomic E-state index is 0.448. The van der Waals surface area contributed by atoms with Gasteiger partial charge in [-0.1, -0.05) is 33.6 Å².